The molecule has 7 nitrogen and oxygen atoms in total. The van der Waals surface area contributed by atoms with Gasteiger partial charge < -0.3 is 10.8 Å². The van der Waals surface area contributed by atoms with Crippen molar-refractivity contribution in [3.8, 4) is 0 Å². The SMILES string of the molecule is CCn1cc(S(=O)(=O)NCCCCO)c(N)n1. The first kappa shape index (κ1) is 13.9. The number of anilines is 1. The predicted octanol–water partition coefficient (Wildman–Crippen LogP) is -0.464. The van der Waals surface area contributed by atoms with E-state index in [1.165, 1.54) is 10.9 Å². The first-order chi connectivity index (χ1) is 8.01. The summed E-state index contributed by atoms with van der Waals surface area (Å²) in [4.78, 5) is 0.00310. The molecule has 0 saturated heterocycles. The zero-order valence-corrected chi connectivity index (χ0v) is 10.6. The van der Waals surface area contributed by atoms with Crippen LogP contribution in [0.3, 0.4) is 0 Å². The van der Waals surface area contributed by atoms with E-state index in [-0.39, 0.29) is 23.9 Å². The summed E-state index contributed by atoms with van der Waals surface area (Å²) in [5.41, 5.74) is 5.54. The molecule has 0 saturated carbocycles. The van der Waals surface area contributed by atoms with Crippen LogP contribution in [0.15, 0.2) is 11.1 Å². The fourth-order valence-electron chi connectivity index (χ4n) is 1.31. The Morgan fingerprint density at radius 2 is 2.24 bits per heavy atom. The lowest BCUT2D eigenvalue weighted by Gasteiger charge is -2.04. The number of sulfonamides is 1. The minimum absolute atomic E-state index is 0.00140. The number of aryl methyl sites for hydroxylation is 1. The highest BCUT2D eigenvalue weighted by Gasteiger charge is 2.20. The van der Waals surface area contributed by atoms with Crippen LogP contribution < -0.4 is 10.5 Å². The van der Waals surface area contributed by atoms with Crippen molar-refractivity contribution in [1.82, 2.24) is 14.5 Å². The fourth-order valence-corrected chi connectivity index (χ4v) is 2.45. The van der Waals surface area contributed by atoms with Crippen molar-refractivity contribution in [3.63, 3.8) is 0 Å². The standard InChI is InChI=1S/C9H18N4O3S/c1-2-13-7-8(9(10)12-13)17(15,16)11-5-3-4-6-14/h7,11,14H,2-6H2,1H3,(H2,10,12). The molecule has 0 aliphatic heterocycles. The van der Waals surface area contributed by atoms with Gasteiger partial charge in [-0.2, -0.15) is 5.10 Å². The van der Waals surface area contributed by atoms with Gasteiger partial charge in [0.15, 0.2) is 5.82 Å². The molecule has 8 heteroatoms. The molecule has 98 valence electrons. The summed E-state index contributed by atoms with van der Waals surface area (Å²) < 4.78 is 27.6. The van der Waals surface area contributed by atoms with E-state index < -0.39 is 10.0 Å². The third kappa shape index (κ3) is 3.69. The first-order valence-corrected chi connectivity index (χ1v) is 6.93. The van der Waals surface area contributed by atoms with Crippen LogP contribution in [0.1, 0.15) is 19.8 Å². The number of aromatic nitrogens is 2. The van der Waals surface area contributed by atoms with E-state index in [1.807, 2.05) is 6.92 Å². The molecular formula is C9H18N4O3S. The van der Waals surface area contributed by atoms with Crippen molar-refractivity contribution < 1.29 is 13.5 Å². The maximum Gasteiger partial charge on any atom is 0.245 e. The summed E-state index contributed by atoms with van der Waals surface area (Å²) in [6.07, 6.45) is 2.55. The van der Waals surface area contributed by atoms with Gasteiger partial charge in [0, 0.05) is 25.9 Å². The molecule has 0 unspecified atom stereocenters. The summed E-state index contributed by atoms with van der Waals surface area (Å²) >= 11 is 0. The summed E-state index contributed by atoms with van der Waals surface area (Å²) in [5.74, 6) is 0.00140. The Labute approximate surface area is 101 Å². The Balaban J connectivity index is 2.72. The van der Waals surface area contributed by atoms with Crippen molar-refractivity contribution in [2.45, 2.75) is 31.2 Å². The Morgan fingerprint density at radius 1 is 1.53 bits per heavy atom. The average molecular weight is 262 g/mol. The van der Waals surface area contributed by atoms with Crippen LogP contribution in [-0.2, 0) is 16.6 Å². The summed E-state index contributed by atoms with van der Waals surface area (Å²) in [6, 6.07) is 0. The summed E-state index contributed by atoms with van der Waals surface area (Å²) in [5, 5.41) is 12.5. The number of aliphatic hydroxyl groups excluding tert-OH is 1. The molecule has 0 atom stereocenters. The highest BCUT2D eigenvalue weighted by atomic mass is 32.2. The number of rotatable bonds is 7. The van der Waals surface area contributed by atoms with Crippen LogP contribution >= 0.6 is 0 Å². The van der Waals surface area contributed by atoms with Gasteiger partial charge in [0.1, 0.15) is 4.90 Å². The molecule has 17 heavy (non-hydrogen) atoms. The molecule has 0 spiro atoms. The fraction of sp³-hybridized carbons (Fsp3) is 0.667. The number of hydrogen-bond acceptors (Lipinski definition) is 5. The van der Waals surface area contributed by atoms with Crippen molar-refractivity contribution in [1.29, 1.82) is 0 Å². The Morgan fingerprint density at radius 3 is 2.76 bits per heavy atom. The van der Waals surface area contributed by atoms with E-state index in [4.69, 9.17) is 10.8 Å². The third-order valence-electron chi connectivity index (χ3n) is 2.25. The molecule has 1 rings (SSSR count). The van der Waals surface area contributed by atoms with E-state index in [9.17, 15) is 8.42 Å². The van der Waals surface area contributed by atoms with E-state index >= 15 is 0 Å². The molecule has 1 aromatic rings. The van der Waals surface area contributed by atoms with Gasteiger partial charge in [0.25, 0.3) is 0 Å². The minimum atomic E-state index is -3.60. The highest BCUT2D eigenvalue weighted by molar-refractivity contribution is 7.89. The van der Waals surface area contributed by atoms with Crippen LogP contribution in [0.2, 0.25) is 0 Å². The Kier molecular flexibility index (Phi) is 4.91. The smallest absolute Gasteiger partial charge is 0.245 e. The molecule has 0 aliphatic rings. The quantitative estimate of drug-likeness (QED) is 0.576. The number of nitrogen functional groups attached to an aromatic ring is 1. The van der Waals surface area contributed by atoms with Crippen LogP contribution in [0, 0.1) is 0 Å². The van der Waals surface area contributed by atoms with Crippen molar-refractivity contribution in [3.05, 3.63) is 6.20 Å². The van der Waals surface area contributed by atoms with Gasteiger partial charge in [-0.25, -0.2) is 13.1 Å². The molecule has 0 fully saturated rings. The van der Waals surface area contributed by atoms with Crippen LogP contribution in [0.5, 0.6) is 0 Å². The monoisotopic (exact) mass is 262 g/mol. The second-order valence-electron chi connectivity index (χ2n) is 3.56. The normalized spacial score (nSPS) is 11.9. The number of nitrogens with zero attached hydrogens (tertiary/aromatic N) is 2. The van der Waals surface area contributed by atoms with Gasteiger partial charge in [-0.05, 0) is 19.8 Å². The van der Waals surface area contributed by atoms with E-state index in [1.54, 1.807) is 0 Å². The number of nitrogens with one attached hydrogen (secondary N) is 1. The van der Waals surface area contributed by atoms with Gasteiger partial charge in [0.2, 0.25) is 10.0 Å². The topological polar surface area (TPSA) is 110 Å². The van der Waals surface area contributed by atoms with Gasteiger partial charge in [0.05, 0.1) is 0 Å². The van der Waals surface area contributed by atoms with Crippen LogP contribution in [0.4, 0.5) is 5.82 Å². The van der Waals surface area contributed by atoms with E-state index in [2.05, 4.69) is 9.82 Å². The lowest BCUT2D eigenvalue weighted by Crippen LogP contribution is -2.25. The van der Waals surface area contributed by atoms with Crippen molar-refractivity contribution in [2.75, 3.05) is 18.9 Å². The van der Waals surface area contributed by atoms with Gasteiger partial charge in [-0.3, -0.25) is 4.68 Å². The molecule has 0 aliphatic carbocycles. The van der Waals surface area contributed by atoms with E-state index in [0.717, 1.165) is 0 Å². The molecule has 1 heterocycles. The minimum Gasteiger partial charge on any atom is -0.396 e. The van der Waals surface area contributed by atoms with Crippen molar-refractivity contribution in [2.24, 2.45) is 0 Å². The molecule has 1 aromatic heterocycles. The second-order valence-corrected chi connectivity index (χ2v) is 5.30. The van der Waals surface area contributed by atoms with E-state index in [0.29, 0.717) is 19.4 Å². The number of aliphatic hydroxyl groups is 1. The molecule has 0 bridgehead atoms. The predicted molar refractivity (Wildman–Crippen MR) is 63.8 cm³/mol. The van der Waals surface area contributed by atoms with Crippen LogP contribution in [0.25, 0.3) is 0 Å². The maximum atomic E-state index is 11.8. The largest absolute Gasteiger partial charge is 0.396 e. The van der Waals surface area contributed by atoms with Gasteiger partial charge in [-0.15, -0.1) is 0 Å². The first-order valence-electron chi connectivity index (χ1n) is 5.44. The number of unbranched alkanes of at least 4 members (excludes halogenated alkanes) is 1. The molecule has 0 amide bonds. The zero-order valence-electron chi connectivity index (χ0n) is 9.76. The molecular weight excluding hydrogens is 244 g/mol. The van der Waals surface area contributed by atoms with Gasteiger partial charge in [-0.1, -0.05) is 0 Å². The Bertz CT molecular complexity index is 455. The Hall–Kier alpha value is -1.12. The molecule has 4 N–H and O–H groups in total. The average Bonchev–Trinajstić information content (AvgIpc) is 2.67. The van der Waals surface area contributed by atoms with Crippen LogP contribution in [-0.4, -0.2) is 36.5 Å². The zero-order chi connectivity index (χ0) is 12.9. The van der Waals surface area contributed by atoms with Crippen molar-refractivity contribution >= 4 is 15.8 Å². The lowest BCUT2D eigenvalue weighted by molar-refractivity contribution is 0.285. The summed E-state index contributed by atoms with van der Waals surface area (Å²) in [7, 11) is -3.60. The highest BCUT2D eigenvalue weighted by Crippen LogP contribution is 2.15. The molecule has 0 aromatic carbocycles. The molecule has 0 radical (unpaired) electrons. The summed E-state index contributed by atoms with van der Waals surface area (Å²) in [6.45, 7) is 2.74. The third-order valence-corrected chi connectivity index (χ3v) is 3.72. The van der Waals surface area contributed by atoms with Gasteiger partial charge >= 0.3 is 0 Å². The lowest BCUT2D eigenvalue weighted by atomic mass is 10.3. The number of nitrogens with two attached hydrogens (primary N) is 1. The number of hydrogen-bond donors (Lipinski definition) is 3. The second kappa shape index (κ2) is 5.99. The maximum absolute atomic E-state index is 11.8.